The van der Waals surface area contributed by atoms with Crippen molar-refractivity contribution in [3.05, 3.63) is 18.1 Å². The molecule has 4 N–H and O–H groups in total. The van der Waals surface area contributed by atoms with Crippen molar-refractivity contribution in [2.75, 3.05) is 11.9 Å². The zero-order chi connectivity index (χ0) is 14.5. The summed E-state index contributed by atoms with van der Waals surface area (Å²) in [6, 6.07) is 0. The van der Waals surface area contributed by atoms with Gasteiger partial charge in [-0.3, -0.25) is 9.59 Å². The SMILES string of the molecule is NC(=O)c1nccnc1NCC1CCC(C(=O)O)CC1. The molecular weight excluding hydrogens is 260 g/mol. The van der Waals surface area contributed by atoms with Gasteiger partial charge in [-0.1, -0.05) is 0 Å². The molecule has 1 saturated carbocycles. The number of amides is 1. The minimum atomic E-state index is -0.707. The Morgan fingerprint density at radius 2 is 1.90 bits per heavy atom. The number of primary amides is 1. The summed E-state index contributed by atoms with van der Waals surface area (Å²) in [4.78, 5) is 30.0. The number of aliphatic carboxylic acids is 1. The highest BCUT2D eigenvalue weighted by Crippen LogP contribution is 2.29. The van der Waals surface area contributed by atoms with Gasteiger partial charge in [0, 0.05) is 18.9 Å². The normalized spacial score (nSPS) is 22.2. The van der Waals surface area contributed by atoms with Gasteiger partial charge >= 0.3 is 5.97 Å². The molecule has 1 aliphatic rings. The molecule has 1 heterocycles. The number of carbonyl (C=O) groups is 2. The van der Waals surface area contributed by atoms with Crippen molar-refractivity contribution in [1.29, 1.82) is 0 Å². The van der Waals surface area contributed by atoms with Gasteiger partial charge in [-0.05, 0) is 31.6 Å². The maximum atomic E-state index is 11.2. The summed E-state index contributed by atoms with van der Waals surface area (Å²) in [6.45, 7) is 0.644. The molecule has 0 unspecified atom stereocenters. The Kier molecular flexibility index (Phi) is 4.49. The Balaban J connectivity index is 1.88. The van der Waals surface area contributed by atoms with E-state index in [-0.39, 0.29) is 11.6 Å². The van der Waals surface area contributed by atoms with Crippen molar-refractivity contribution < 1.29 is 14.7 Å². The number of nitrogens with one attached hydrogen (secondary N) is 1. The number of carboxylic acids is 1. The van der Waals surface area contributed by atoms with Crippen molar-refractivity contribution >= 4 is 17.7 Å². The Morgan fingerprint density at radius 3 is 2.50 bits per heavy atom. The summed E-state index contributed by atoms with van der Waals surface area (Å²) in [5, 5.41) is 12.0. The third-order valence-electron chi connectivity index (χ3n) is 3.69. The summed E-state index contributed by atoms with van der Waals surface area (Å²) < 4.78 is 0. The lowest BCUT2D eigenvalue weighted by Crippen LogP contribution is -2.26. The van der Waals surface area contributed by atoms with Crippen LogP contribution < -0.4 is 11.1 Å². The largest absolute Gasteiger partial charge is 0.481 e. The smallest absolute Gasteiger partial charge is 0.306 e. The van der Waals surface area contributed by atoms with Gasteiger partial charge in [0.25, 0.3) is 5.91 Å². The lowest BCUT2D eigenvalue weighted by Gasteiger charge is -2.26. The molecule has 1 amide bonds. The molecular formula is C13H18N4O3. The first-order valence-corrected chi connectivity index (χ1v) is 6.65. The van der Waals surface area contributed by atoms with E-state index >= 15 is 0 Å². The molecule has 0 bridgehead atoms. The fourth-order valence-electron chi connectivity index (χ4n) is 2.50. The van der Waals surface area contributed by atoms with E-state index < -0.39 is 11.9 Å². The van der Waals surface area contributed by atoms with Crippen LogP contribution in [0.4, 0.5) is 5.82 Å². The summed E-state index contributed by atoms with van der Waals surface area (Å²) in [5.41, 5.74) is 5.36. The van der Waals surface area contributed by atoms with Crippen LogP contribution in [0.2, 0.25) is 0 Å². The monoisotopic (exact) mass is 278 g/mol. The number of rotatable bonds is 5. The molecule has 0 atom stereocenters. The summed E-state index contributed by atoms with van der Waals surface area (Å²) in [7, 11) is 0. The first-order chi connectivity index (χ1) is 9.58. The van der Waals surface area contributed by atoms with Gasteiger partial charge in [-0.15, -0.1) is 0 Å². The molecule has 1 aliphatic carbocycles. The number of aromatic nitrogens is 2. The van der Waals surface area contributed by atoms with Crippen LogP contribution in [0.15, 0.2) is 12.4 Å². The van der Waals surface area contributed by atoms with Crippen LogP contribution in [0.1, 0.15) is 36.2 Å². The number of nitrogens with two attached hydrogens (primary N) is 1. The number of carboxylic acid groups (broad SMARTS) is 1. The third kappa shape index (κ3) is 3.43. The van der Waals surface area contributed by atoms with Crippen LogP contribution in [-0.4, -0.2) is 33.5 Å². The van der Waals surface area contributed by atoms with E-state index in [9.17, 15) is 9.59 Å². The Hall–Kier alpha value is -2.18. The first-order valence-electron chi connectivity index (χ1n) is 6.65. The Morgan fingerprint density at radius 1 is 1.25 bits per heavy atom. The van der Waals surface area contributed by atoms with Gasteiger partial charge in [-0.25, -0.2) is 9.97 Å². The van der Waals surface area contributed by atoms with E-state index in [4.69, 9.17) is 10.8 Å². The number of anilines is 1. The fourth-order valence-corrected chi connectivity index (χ4v) is 2.50. The molecule has 0 radical (unpaired) electrons. The van der Waals surface area contributed by atoms with Crippen LogP contribution in [-0.2, 0) is 4.79 Å². The van der Waals surface area contributed by atoms with Crippen LogP contribution in [0.25, 0.3) is 0 Å². The lowest BCUT2D eigenvalue weighted by atomic mass is 9.82. The van der Waals surface area contributed by atoms with Crippen molar-refractivity contribution in [3.63, 3.8) is 0 Å². The van der Waals surface area contributed by atoms with E-state index in [2.05, 4.69) is 15.3 Å². The second-order valence-electron chi connectivity index (χ2n) is 5.05. The topological polar surface area (TPSA) is 118 Å². The van der Waals surface area contributed by atoms with Crippen LogP contribution in [0.3, 0.4) is 0 Å². The first kappa shape index (κ1) is 14.2. The van der Waals surface area contributed by atoms with E-state index in [1.807, 2.05) is 0 Å². The van der Waals surface area contributed by atoms with Crippen LogP contribution in [0, 0.1) is 11.8 Å². The van der Waals surface area contributed by atoms with E-state index in [0.29, 0.717) is 31.1 Å². The second kappa shape index (κ2) is 6.31. The zero-order valence-corrected chi connectivity index (χ0v) is 11.1. The Bertz CT molecular complexity index is 498. The molecule has 108 valence electrons. The molecule has 1 aromatic rings. The van der Waals surface area contributed by atoms with Crippen molar-refractivity contribution in [1.82, 2.24) is 9.97 Å². The van der Waals surface area contributed by atoms with Crippen LogP contribution >= 0.6 is 0 Å². The maximum absolute atomic E-state index is 11.2. The minimum absolute atomic E-state index is 0.131. The molecule has 7 nitrogen and oxygen atoms in total. The summed E-state index contributed by atoms with van der Waals surface area (Å²) in [6.07, 6.45) is 6.03. The molecule has 2 rings (SSSR count). The molecule has 0 saturated heterocycles. The van der Waals surface area contributed by atoms with Gasteiger partial charge in [0.2, 0.25) is 0 Å². The highest BCUT2D eigenvalue weighted by Gasteiger charge is 2.26. The second-order valence-corrected chi connectivity index (χ2v) is 5.05. The van der Waals surface area contributed by atoms with E-state index in [1.54, 1.807) is 0 Å². The van der Waals surface area contributed by atoms with Gasteiger partial charge in [-0.2, -0.15) is 0 Å². The molecule has 0 aliphatic heterocycles. The van der Waals surface area contributed by atoms with Crippen molar-refractivity contribution in [2.45, 2.75) is 25.7 Å². The molecule has 1 aromatic heterocycles. The lowest BCUT2D eigenvalue weighted by molar-refractivity contribution is -0.143. The van der Waals surface area contributed by atoms with Crippen molar-refractivity contribution in [2.24, 2.45) is 17.6 Å². The standard InChI is InChI=1S/C13H18N4O3/c14-11(18)10-12(16-6-5-15-10)17-7-8-1-3-9(4-2-8)13(19)20/h5-6,8-9H,1-4,7H2,(H2,14,18)(H,16,17)(H,19,20). The predicted molar refractivity (Wildman–Crippen MR) is 72.1 cm³/mol. The molecule has 1 fully saturated rings. The van der Waals surface area contributed by atoms with E-state index in [1.165, 1.54) is 12.4 Å². The molecule has 20 heavy (non-hydrogen) atoms. The number of hydrogen-bond acceptors (Lipinski definition) is 5. The summed E-state index contributed by atoms with van der Waals surface area (Å²) >= 11 is 0. The van der Waals surface area contributed by atoms with Gasteiger partial charge in [0.05, 0.1) is 5.92 Å². The molecule has 0 aromatic carbocycles. The number of carbonyl (C=O) groups excluding carboxylic acids is 1. The maximum Gasteiger partial charge on any atom is 0.306 e. The number of hydrogen-bond donors (Lipinski definition) is 3. The molecule has 7 heteroatoms. The zero-order valence-electron chi connectivity index (χ0n) is 11.1. The van der Waals surface area contributed by atoms with Gasteiger partial charge in [0.1, 0.15) is 0 Å². The minimum Gasteiger partial charge on any atom is -0.481 e. The van der Waals surface area contributed by atoms with Gasteiger partial charge in [0.15, 0.2) is 11.5 Å². The predicted octanol–water partition coefficient (Wildman–Crippen LogP) is 0.878. The summed E-state index contributed by atoms with van der Waals surface area (Å²) in [5.74, 6) is -0.769. The van der Waals surface area contributed by atoms with Gasteiger partial charge < -0.3 is 16.2 Å². The van der Waals surface area contributed by atoms with Crippen LogP contribution in [0.5, 0.6) is 0 Å². The van der Waals surface area contributed by atoms with E-state index in [0.717, 1.165) is 12.8 Å². The number of nitrogens with zero attached hydrogens (tertiary/aromatic N) is 2. The molecule has 0 spiro atoms. The fraction of sp³-hybridized carbons (Fsp3) is 0.538. The highest BCUT2D eigenvalue weighted by molar-refractivity contribution is 5.95. The Labute approximate surface area is 116 Å². The van der Waals surface area contributed by atoms with Crippen molar-refractivity contribution in [3.8, 4) is 0 Å². The average Bonchev–Trinajstić information content (AvgIpc) is 2.45. The average molecular weight is 278 g/mol. The highest BCUT2D eigenvalue weighted by atomic mass is 16.4. The third-order valence-corrected chi connectivity index (χ3v) is 3.69. The quantitative estimate of drug-likeness (QED) is 0.735.